The van der Waals surface area contributed by atoms with Crippen LogP contribution < -0.4 is 0 Å². The van der Waals surface area contributed by atoms with Gasteiger partial charge in [0.15, 0.2) is 5.82 Å². The third-order valence-corrected chi connectivity index (χ3v) is 6.83. The van der Waals surface area contributed by atoms with Crippen molar-refractivity contribution in [2.75, 3.05) is 0 Å². The van der Waals surface area contributed by atoms with Crippen molar-refractivity contribution in [2.45, 2.75) is 0 Å². The van der Waals surface area contributed by atoms with Crippen LogP contribution in [0.3, 0.4) is 0 Å². The normalized spacial score (nSPS) is 11.2. The summed E-state index contributed by atoms with van der Waals surface area (Å²) in [6, 6.07) is 46.1. The van der Waals surface area contributed by atoms with E-state index in [4.69, 9.17) is 9.97 Å². The molecule has 0 unspecified atom stereocenters. The molecule has 0 fully saturated rings. The maximum absolute atomic E-state index is 5.02. The van der Waals surface area contributed by atoms with Gasteiger partial charge in [0.1, 0.15) is 0 Å². The van der Waals surface area contributed by atoms with Gasteiger partial charge in [0.05, 0.1) is 11.4 Å². The summed E-state index contributed by atoms with van der Waals surface area (Å²) in [7, 11) is 0. The monoisotopic (exact) mass is 473 g/mol. The Hall–Kier alpha value is -5.02. The average Bonchev–Trinajstić information content (AvgIpc) is 3.37. The topological polar surface area (TPSA) is 41.6 Å². The molecule has 0 aliphatic heterocycles. The summed E-state index contributed by atoms with van der Waals surface area (Å²) >= 11 is 0. The highest BCUT2D eigenvalue weighted by atomic mass is 14.9. The van der Waals surface area contributed by atoms with Crippen molar-refractivity contribution in [3.8, 4) is 45.0 Å². The Kier molecular flexibility index (Phi) is 5.11. The van der Waals surface area contributed by atoms with Crippen LogP contribution in [-0.4, -0.2) is 15.0 Å². The first-order valence-corrected chi connectivity index (χ1v) is 12.4. The number of H-pyrrole nitrogens is 1. The van der Waals surface area contributed by atoms with E-state index in [0.29, 0.717) is 5.82 Å². The molecule has 1 N–H and O–H groups in total. The molecule has 0 radical (unpaired) electrons. The zero-order valence-electron chi connectivity index (χ0n) is 20.1. The van der Waals surface area contributed by atoms with E-state index in [-0.39, 0.29) is 0 Å². The van der Waals surface area contributed by atoms with Crippen LogP contribution in [0.25, 0.3) is 66.8 Å². The lowest BCUT2D eigenvalue weighted by atomic mass is 9.97. The first-order chi connectivity index (χ1) is 18.3. The van der Waals surface area contributed by atoms with Crippen molar-refractivity contribution in [3.05, 3.63) is 133 Å². The minimum atomic E-state index is 0.716. The highest BCUT2D eigenvalue weighted by molar-refractivity contribution is 6.14. The predicted octanol–water partition coefficient (Wildman–Crippen LogP) is 8.78. The Morgan fingerprint density at radius 1 is 0.432 bits per heavy atom. The molecule has 0 aliphatic carbocycles. The standard InChI is InChI=1S/C34H23N3/c1-3-11-23(12-4-1)31-22-32(24-13-5-2-6-14-24)37-34(36-31)26-16-9-15-25(21-26)27-18-10-20-30-33(27)28-17-7-8-19-29(28)35-30/h1-22,35H. The Morgan fingerprint density at radius 3 is 1.73 bits per heavy atom. The second kappa shape index (κ2) is 8.89. The zero-order valence-corrected chi connectivity index (χ0v) is 20.1. The first-order valence-electron chi connectivity index (χ1n) is 12.4. The van der Waals surface area contributed by atoms with Crippen molar-refractivity contribution in [1.29, 1.82) is 0 Å². The molecule has 0 atom stereocenters. The van der Waals surface area contributed by atoms with E-state index < -0.39 is 0 Å². The van der Waals surface area contributed by atoms with Gasteiger partial charge in [-0.1, -0.05) is 109 Å². The summed E-state index contributed by atoms with van der Waals surface area (Å²) in [6.45, 7) is 0. The number of aromatic nitrogens is 3. The molecule has 2 heterocycles. The van der Waals surface area contributed by atoms with Gasteiger partial charge in [0.2, 0.25) is 0 Å². The Labute approximate surface area is 215 Å². The van der Waals surface area contributed by atoms with E-state index in [9.17, 15) is 0 Å². The number of fused-ring (bicyclic) bond motifs is 3. The predicted molar refractivity (Wildman–Crippen MR) is 153 cm³/mol. The Morgan fingerprint density at radius 2 is 1.00 bits per heavy atom. The Balaban J connectivity index is 1.41. The van der Waals surface area contributed by atoms with Gasteiger partial charge in [-0.15, -0.1) is 0 Å². The summed E-state index contributed by atoms with van der Waals surface area (Å²) in [6.07, 6.45) is 0. The minimum Gasteiger partial charge on any atom is -0.354 e. The number of hydrogen-bond acceptors (Lipinski definition) is 2. The van der Waals surface area contributed by atoms with Crippen LogP contribution in [0.15, 0.2) is 133 Å². The SMILES string of the molecule is c1ccc(-c2cc(-c3ccccc3)nc(-c3cccc(-c4cccc5[nH]c6ccccc6c45)c3)n2)cc1. The molecular formula is C34H23N3. The van der Waals surface area contributed by atoms with Crippen LogP contribution in [0.4, 0.5) is 0 Å². The molecule has 37 heavy (non-hydrogen) atoms. The van der Waals surface area contributed by atoms with E-state index in [0.717, 1.165) is 44.7 Å². The fraction of sp³-hybridized carbons (Fsp3) is 0. The van der Waals surface area contributed by atoms with Crippen molar-refractivity contribution in [3.63, 3.8) is 0 Å². The van der Waals surface area contributed by atoms with Crippen LogP contribution in [0.1, 0.15) is 0 Å². The van der Waals surface area contributed by atoms with Crippen molar-refractivity contribution < 1.29 is 0 Å². The maximum atomic E-state index is 5.02. The zero-order chi connectivity index (χ0) is 24.6. The van der Waals surface area contributed by atoms with Gasteiger partial charge in [-0.2, -0.15) is 0 Å². The highest BCUT2D eigenvalue weighted by Gasteiger charge is 2.13. The summed E-state index contributed by atoms with van der Waals surface area (Å²) < 4.78 is 0. The quantitative estimate of drug-likeness (QED) is 0.277. The fourth-order valence-corrected chi connectivity index (χ4v) is 5.06. The lowest BCUT2D eigenvalue weighted by molar-refractivity contribution is 1.18. The summed E-state index contributed by atoms with van der Waals surface area (Å²) in [5.74, 6) is 0.716. The van der Waals surface area contributed by atoms with Crippen molar-refractivity contribution in [1.82, 2.24) is 15.0 Å². The molecule has 0 spiro atoms. The molecule has 174 valence electrons. The van der Waals surface area contributed by atoms with E-state index >= 15 is 0 Å². The lowest BCUT2D eigenvalue weighted by Gasteiger charge is -2.11. The molecular weight excluding hydrogens is 450 g/mol. The van der Waals surface area contributed by atoms with Gasteiger partial charge in [-0.25, -0.2) is 9.97 Å². The van der Waals surface area contributed by atoms with Gasteiger partial charge < -0.3 is 4.98 Å². The number of rotatable bonds is 4. The van der Waals surface area contributed by atoms with Gasteiger partial charge in [0.25, 0.3) is 0 Å². The van der Waals surface area contributed by atoms with Crippen LogP contribution >= 0.6 is 0 Å². The molecule has 7 aromatic rings. The largest absolute Gasteiger partial charge is 0.354 e. The number of aromatic amines is 1. The van der Waals surface area contributed by atoms with Crippen molar-refractivity contribution >= 4 is 21.8 Å². The molecule has 5 aromatic carbocycles. The maximum Gasteiger partial charge on any atom is 0.160 e. The molecule has 3 nitrogen and oxygen atoms in total. The smallest absolute Gasteiger partial charge is 0.160 e. The molecule has 3 heteroatoms. The fourth-order valence-electron chi connectivity index (χ4n) is 5.06. The Bertz CT molecular complexity index is 1810. The van der Waals surface area contributed by atoms with Crippen LogP contribution in [0, 0.1) is 0 Å². The molecule has 7 rings (SSSR count). The van der Waals surface area contributed by atoms with Gasteiger partial charge in [-0.05, 0) is 35.4 Å². The van der Waals surface area contributed by atoms with E-state index in [2.05, 4.69) is 102 Å². The molecule has 0 saturated heterocycles. The number of para-hydroxylation sites is 1. The van der Waals surface area contributed by atoms with Crippen molar-refractivity contribution in [2.24, 2.45) is 0 Å². The van der Waals surface area contributed by atoms with E-state index in [1.54, 1.807) is 0 Å². The second-order valence-electron chi connectivity index (χ2n) is 9.17. The first kappa shape index (κ1) is 21.3. The summed E-state index contributed by atoms with van der Waals surface area (Å²) in [5, 5.41) is 2.46. The third-order valence-electron chi connectivity index (χ3n) is 6.83. The van der Waals surface area contributed by atoms with Crippen LogP contribution in [0.2, 0.25) is 0 Å². The van der Waals surface area contributed by atoms with Gasteiger partial charge in [-0.3, -0.25) is 0 Å². The third kappa shape index (κ3) is 3.87. The molecule has 0 bridgehead atoms. The summed E-state index contributed by atoms with van der Waals surface area (Å²) in [4.78, 5) is 13.6. The van der Waals surface area contributed by atoms with Gasteiger partial charge >= 0.3 is 0 Å². The molecule has 0 saturated carbocycles. The molecule has 0 amide bonds. The molecule has 0 aliphatic rings. The lowest BCUT2D eigenvalue weighted by Crippen LogP contribution is -1.96. The van der Waals surface area contributed by atoms with E-state index in [1.165, 1.54) is 16.3 Å². The summed E-state index contributed by atoms with van der Waals surface area (Å²) in [5.41, 5.74) is 9.57. The van der Waals surface area contributed by atoms with Crippen LogP contribution in [0.5, 0.6) is 0 Å². The minimum absolute atomic E-state index is 0.716. The molecule has 2 aromatic heterocycles. The second-order valence-corrected chi connectivity index (χ2v) is 9.17. The average molecular weight is 474 g/mol. The van der Waals surface area contributed by atoms with Crippen LogP contribution in [-0.2, 0) is 0 Å². The van der Waals surface area contributed by atoms with Gasteiger partial charge in [0, 0.05) is 38.5 Å². The number of hydrogen-bond donors (Lipinski definition) is 1. The highest BCUT2D eigenvalue weighted by Crippen LogP contribution is 2.36. The van der Waals surface area contributed by atoms with E-state index in [1.807, 2.05) is 36.4 Å². The number of benzene rings is 5. The number of nitrogens with zero attached hydrogens (tertiary/aromatic N) is 2. The number of nitrogens with one attached hydrogen (secondary N) is 1.